The number of carbonyl (C=O) groups excluding carboxylic acids is 1. The summed E-state index contributed by atoms with van der Waals surface area (Å²) in [6, 6.07) is 7.69. The first kappa shape index (κ1) is 20.9. The van der Waals surface area contributed by atoms with Gasteiger partial charge in [-0.05, 0) is 48.8 Å². The van der Waals surface area contributed by atoms with Gasteiger partial charge in [-0.3, -0.25) is 4.79 Å². The van der Waals surface area contributed by atoms with Crippen molar-refractivity contribution in [1.82, 2.24) is 9.80 Å². The van der Waals surface area contributed by atoms with E-state index in [1.54, 1.807) is 4.90 Å². The number of carboxylic acid groups (broad SMARTS) is 1. The Morgan fingerprint density at radius 2 is 1.61 bits per heavy atom. The van der Waals surface area contributed by atoms with Gasteiger partial charge in [-0.2, -0.15) is 0 Å². The molecule has 1 aromatic carbocycles. The van der Waals surface area contributed by atoms with Crippen molar-refractivity contribution in [2.45, 2.75) is 52.5 Å². The number of halogens is 1. The number of hydrogen-bond donors (Lipinski definition) is 1. The highest BCUT2D eigenvalue weighted by molar-refractivity contribution is 9.15. The van der Waals surface area contributed by atoms with E-state index >= 15 is 0 Å². The second-order valence-corrected chi connectivity index (χ2v) is 9.60. The van der Waals surface area contributed by atoms with Crippen LogP contribution in [0, 0.1) is 5.41 Å². The van der Waals surface area contributed by atoms with Gasteiger partial charge in [0.15, 0.2) is 0 Å². The van der Waals surface area contributed by atoms with E-state index in [9.17, 15) is 14.7 Å². The SMILES string of the molecule is CC(C)(C)C1CC(=C(Br)c2ccc(C(=O)N3CCCC3)cc2)CCN1C(=O)O. The summed E-state index contributed by atoms with van der Waals surface area (Å²) in [5.74, 6) is 0.107. The molecule has 2 aliphatic rings. The van der Waals surface area contributed by atoms with Crippen molar-refractivity contribution in [3.05, 3.63) is 41.0 Å². The third-order valence-corrected chi connectivity index (χ3v) is 6.82. The number of amides is 2. The summed E-state index contributed by atoms with van der Waals surface area (Å²) in [5.41, 5.74) is 2.85. The Kier molecular flexibility index (Phi) is 6.18. The number of hydrogen-bond acceptors (Lipinski definition) is 2. The zero-order valence-electron chi connectivity index (χ0n) is 16.9. The van der Waals surface area contributed by atoms with E-state index < -0.39 is 6.09 Å². The summed E-state index contributed by atoms with van der Waals surface area (Å²) in [5, 5.41) is 9.55. The first-order chi connectivity index (χ1) is 13.2. The molecule has 2 fully saturated rings. The number of nitrogens with zero attached hydrogens (tertiary/aromatic N) is 2. The van der Waals surface area contributed by atoms with Crippen molar-refractivity contribution in [3.63, 3.8) is 0 Å². The van der Waals surface area contributed by atoms with Crippen LogP contribution in [0.2, 0.25) is 0 Å². The van der Waals surface area contributed by atoms with E-state index in [1.807, 2.05) is 29.2 Å². The van der Waals surface area contributed by atoms with Crippen molar-refractivity contribution in [2.75, 3.05) is 19.6 Å². The maximum atomic E-state index is 12.5. The molecular weight excluding hydrogens is 420 g/mol. The van der Waals surface area contributed by atoms with Gasteiger partial charge in [0.2, 0.25) is 0 Å². The average Bonchev–Trinajstić information content (AvgIpc) is 3.20. The molecule has 2 aliphatic heterocycles. The Morgan fingerprint density at radius 3 is 2.14 bits per heavy atom. The minimum absolute atomic E-state index is 0.0580. The molecule has 152 valence electrons. The van der Waals surface area contributed by atoms with Gasteiger partial charge in [0, 0.05) is 35.7 Å². The minimum Gasteiger partial charge on any atom is -0.465 e. The molecule has 1 unspecified atom stereocenters. The second kappa shape index (κ2) is 8.27. The quantitative estimate of drug-likeness (QED) is 0.674. The molecule has 1 atom stereocenters. The van der Waals surface area contributed by atoms with Gasteiger partial charge >= 0.3 is 6.09 Å². The van der Waals surface area contributed by atoms with E-state index in [4.69, 9.17) is 0 Å². The zero-order valence-corrected chi connectivity index (χ0v) is 18.5. The fourth-order valence-electron chi connectivity index (χ4n) is 4.12. The van der Waals surface area contributed by atoms with Gasteiger partial charge in [0.05, 0.1) is 0 Å². The maximum absolute atomic E-state index is 12.5. The Morgan fingerprint density at radius 1 is 1.04 bits per heavy atom. The van der Waals surface area contributed by atoms with Crippen LogP contribution in [0.15, 0.2) is 29.8 Å². The molecule has 6 heteroatoms. The molecule has 0 aromatic heterocycles. The molecule has 2 amide bonds. The highest BCUT2D eigenvalue weighted by Gasteiger charge is 2.37. The molecule has 1 aromatic rings. The molecule has 0 aliphatic carbocycles. The highest BCUT2D eigenvalue weighted by Crippen LogP contribution is 2.39. The van der Waals surface area contributed by atoms with Gasteiger partial charge in [-0.15, -0.1) is 0 Å². The molecule has 0 bridgehead atoms. The van der Waals surface area contributed by atoms with E-state index in [-0.39, 0.29) is 17.4 Å². The summed E-state index contributed by atoms with van der Waals surface area (Å²) < 4.78 is 1.02. The second-order valence-electron chi connectivity index (χ2n) is 8.81. The third-order valence-electron chi connectivity index (χ3n) is 5.80. The van der Waals surface area contributed by atoms with Crippen LogP contribution in [0.4, 0.5) is 4.79 Å². The number of likely N-dealkylation sites (tertiary alicyclic amines) is 2. The number of benzene rings is 1. The lowest BCUT2D eigenvalue weighted by Gasteiger charge is -2.43. The van der Waals surface area contributed by atoms with Gasteiger partial charge in [-0.25, -0.2) is 4.79 Å². The van der Waals surface area contributed by atoms with Crippen LogP contribution >= 0.6 is 15.9 Å². The molecular formula is C22H29BrN2O3. The Bertz CT molecular complexity index is 774. The first-order valence-electron chi connectivity index (χ1n) is 9.95. The predicted octanol–water partition coefficient (Wildman–Crippen LogP) is 5.22. The van der Waals surface area contributed by atoms with E-state index in [0.717, 1.165) is 41.5 Å². The molecule has 5 nitrogen and oxygen atoms in total. The summed E-state index contributed by atoms with van der Waals surface area (Å²) >= 11 is 3.74. The van der Waals surface area contributed by atoms with Crippen molar-refractivity contribution in [3.8, 4) is 0 Å². The van der Waals surface area contributed by atoms with Gasteiger partial charge in [-0.1, -0.05) is 54.4 Å². The topological polar surface area (TPSA) is 60.9 Å². The number of piperidine rings is 1. The molecule has 0 saturated carbocycles. The molecule has 1 N–H and O–H groups in total. The minimum atomic E-state index is -0.847. The summed E-state index contributed by atoms with van der Waals surface area (Å²) in [4.78, 5) is 27.6. The largest absolute Gasteiger partial charge is 0.465 e. The normalized spacial score (nSPS) is 22.4. The average molecular weight is 449 g/mol. The number of rotatable bonds is 2. The molecule has 3 rings (SSSR count). The van der Waals surface area contributed by atoms with Crippen LogP contribution in [0.5, 0.6) is 0 Å². The van der Waals surface area contributed by atoms with Crippen LogP contribution in [0.3, 0.4) is 0 Å². The van der Waals surface area contributed by atoms with Crippen LogP contribution in [-0.4, -0.2) is 52.6 Å². The van der Waals surface area contributed by atoms with Gasteiger partial charge in [0.25, 0.3) is 5.91 Å². The fraction of sp³-hybridized carbons (Fsp3) is 0.545. The molecule has 0 radical (unpaired) electrons. The number of carbonyl (C=O) groups is 2. The van der Waals surface area contributed by atoms with E-state index in [2.05, 4.69) is 36.7 Å². The molecule has 28 heavy (non-hydrogen) atoms. The smallest absolute Gasteiger partial charge is 0.407 e. The van der Waals surface area contributed by atoms with Crippen molar-refractivity contribution < 1.29 is 14.7 Å². The summed E-state index contributed by atoms with van der Waals surface area (Å²) in [6.45, 7) is 8.47. The summed E-state index contributed by atoms with van der Waals surface area (Å²) in [7, 11) is 0. The van der Waals surface area contributed by atoms with Crippen LogP contribution < -0.4 is 0 Å². The van der Waals surface area contributed by atoms with Crippen LogP contribution in [-0.2, 0) is 0 Å². The van der Waals surface area contributed by atoms with E-state index in [0.29, 0.717) is 19.4 Å². The van der Waals surface area contributed by atoms with Gasteiger partial charge in [0.1, 0.15) is 0 Å². The monoisotopic (exact) mass is 448 g/mol. The Hall–Kier alpha value is -1.82. The van der Waals surface area contributed by atoms with E-state index in [1.165, 1.54) is 5.57 Å². The maximum Gasteiger partial charge on any atom is 0.407 e. The predicted molar refractivity (Wildman–Crippen MR) is 115 cm³/mol. The third kappa shape index (κ3) is 4.43. The Balaban J connectivity index is 1.80. The fourth-order valence-corrected chi connectivity index (χ4v) is 4.75. The first-order valence-corrected chi connectivity index (χ1v) is 10.7. The lowest BCUT2D eigenvalue weighted by Crippen LogP contribution is -2.50. The highest BCUT2D eigenvalue weighted by atomic mass is 79.9. The Labute approximate surface area is 175 Å². The van der Waals surface area contributed by atoms with Crippen molar-refractivity contribution in [2.24, 2.45) is 5.41 Å². The van der Waals surface area contributed by atoms with Gasteiger partial charge < -0.3 is 14.9 Å². The molecule has 0 spiro atoms. The van der Waals surface area contributed by atoms with Crippen molar-refractivity contribution in [1.29, 1.82) is 0 Å². The lowest BCUT2D eigenvalue weighted by molar-refractivity contribution is 0.0723. The molecule has 2 saturated heterocycles. The van der Waals surface area contributed by atoms with Crippen molar-refractivity contribution >= 4 is 32.4 Å². The molecule has 2 heterocycles. The zero-order chi connectivity index (χ0) is 20.5. The lowest BCUT2D eigenvalue weighted by atomic mass is 9.79. The summed E-state index contributed by atoms with van der Waals surface area (Å²) in [6.07, 6.45) is 2.76. The standard InChI is InChI=1S/C22H29BrN2O3/c1-22(2,3)18-14-17(10-13-25(18)21(27)28)19(23)15-6-8-16(9-7-15)20(26)24-11-4-5-12-24/h6-9,18H,4-5,10-14H2,1-3H3,(H,27,28). The van der Waals surface area contributed by atoms with Crippen LogP contribution in [0.25, 0.3) is 4.48 Å². The van der Waals surface area contributed by atoms with Crippen LogP contribution in [0.1, 0.15) is 62.4 Å².